The van der Waals surface area contributed by atoms with Crippen LogP contribution in [0.4, 0.5) is 9.59 Å². The molecule has 0 unspecified atom stereocenters. The predicted molar refractivity (Wildman–Crippen MR) is 91.3 cm³/mol. The van der Waals surface area contributed by atoms with Crippen LogP contribution in [-0.4, -0.2) is 73.2 Å². The Hall–Kier alpha value is -2.03. The third-order valence-corrected chi connectivity index (χ3v) is 3.16. The maximum atomic E-state index is 12.1. The number of ether oxygens (including phenoxy) is 1. The topological polar surface area (TPSA) is 131 Å². The first-order chi connectivity index (χ1) is 10.9. The summed E-state index contributed by atoms with van der Waals surface area (Å²) in [5.74, 6) is -0.216. The van der Waals surface area contributed by atoms with Crippen LogP contribution in [0.2, 0.25) is 0 Å². The molecule has 5 N–H and O–H groups in total. The number of amides is 4. The van der Waals surface area contributed by atoms with Crippen LogP contribution in [0.25, 0.3) is 0 Å². The van der Waals surface area contributed by atoms with Gasteiger partial charge in [-0.05, 0) is 33.6 Å². The van der Waals surface area contributed by atoms with Gasteiger partial charge in [0, 0.05) is 33.7 Å². The Labute approximate surface area is 143 Å². The minimum atomic E-state index is -0.656. The third-order valence-electron chi connectivity index (χ3n) is 3.16. The molecule has 0 radical (unpaired) electrons. The molecule has 4 amide bonds. The molecule has 0 aromatic carbocycles. The van der Waals surface area contributed by atoms with Crippen molar-refractivity contribution in [3.63, 3.8) is 0 Å². The Bertz CT molecular complexity index is 436. The van der Waals surface area contributed by atoms with E-state index in [0.29, 0.717) is 32.5 Å². The van der Waals surface area contributed by atoms with E-state index >= 15 is 0 Å². The van der Waals surface area contributed by atoms with Crippen LogP contribution in [-0.2, 0) is 9.53 Å². The molecule has 0 fully saturated rings. The molecule has 0 saturated heterocycles. The van der Waals surface area contributed by atoms with Gasteiger partial charge in [0.15, 0.2) is 0 Å². The molecule has 140 valence electrons. The van der Waals surface area contributed by atoms with Gasteiger partial charge in [-0.2, -0.15) is 0 Å². The number of carbonyl (C=O) groups is 3. The van der Waals surface area contributed by atoms with E-state index in [1.165, 1.54) is 9.80 Å². The maximum Gasteiger partial charge on any atom is 0.410 e. The third kappa shape index (κ3) is 9.88. The minimum Gasteiger partial charge on any atom is -0.444 e. The van der Waals surface area contributed by atoms with Gasteiger partial charge < -0.3 is 31.3 Å². The van der Waals surface area contributed by atoms with Gasteiger partial charge in [-0.3, -0.25) is 4.79 Å². The van der Waals surface area contributed by atoms with Crippen molar-refractivity contribution < 1.29 is 19.1 Å². The lowest BCUT2D eigenvalue weighted by Gasteiger charge is -2.27. The average molecular weight is 345 g/mol. The quantitative estimate of drug-likeness (QED) is 0.536. The lowest BCUT2D eigenvalue weighted by Crippen LogP contribution is -2.45. The Balaban J connectivity index is 4.16. The summed E-state index contributed by atoms with van der Waals surface area (Å²) < 4.78 is 5.24. The highest BCUT2D eigenvalue weighted by molar-refractivity contribution is 5.81. The van der Waals surface area contributed by atoms with E-state index in [2.05, 4.69) is 5.32 Å². The van der Waals surface area contributed by atoms with E-state index in [0.717, 1.165) is 0 Å². The number of urea groups is 1. The van der Waals surface area contributed by atoms with Gasteiger partial charge in [-0.25, -0.2) is 9.59 Å². The first-order valence-corrected chi connectivity index (χ1v) is 7.92. The summed E-state index contributed by atoms with van der Waals surface area (Å²) in [6.45, 7) is 6.44. The summed E-state index contributed by atoms with van der Waals surface area (Å²) in [6.07, 6.45) is 0.553. The van der Waals surface area contributed by atoms with Gasteiger partial charge in [-0.1, -0.05) is 0 Å². The zero-order chi connectivity index (χ0) is 18.9. The molecule has 9 nitrogen and oxygen atoms in total. The summed E-state index contributed by atoms with van der Waals surface area (Å²) in [7, 11) is 3.24. The predicted octanol–water partition coefficient (Wildman–Crippen LogP) is 0.0875. The lowest BCUT2D eigenvalue weighted by atomic mass is 10.1. The summed E-state index contributed by atoms with van der Waals surface area (Å²) in [4.78, 5) is 37.4. The largest absolute Gasteiger partial charge is 0.444 e. The van der Waals surface area contributed by atoms with Crippen LogP contribution >= 0.6 is 0 Å². The number of carbonyl (C=O) groups excluding carboxylic acids is 3. The number of hydrogen-bond acceptors (Lipinski definition) is 5. The van der Waals surface area contributed by atoms with Crippen molar-refractivity contribution in [1.29, 1.82) is 0 Å². The number of likely N-dealkylation sites (N-methyl/N-ethyl adjacent to an activating group) is 2. The van der Waals surface area contributed by atoms with E-state index < -0.39 is 23.8 Å². The highest BCUT2D eigenvalue weighted by atomic mass is 16.6. The highest BCUT2D eigenvalue weighted by Crippen LogP contribution is 2.09. The Morgan fingerprint density at radius 1 is 1.12 bits per heavy atom. The monoisotopic (exact) mass is 345 g/mol. The first kappa shape index (κ1) is 22.0. The molecule has 0 aromatic rings. The second-order valence-corrected chi connectivity index (χ2v) is 6.70. The maximum absolute atomic E-state index is 12.1. The summed E-state index contributed by atoms with van der Waals surface area (Å²) in [5.41, 5.74) is 10.2. The molecule has 0 saturated carbocycles. The lowest BCUT2D eigenvalue weighted by molar-refractivity contribution is -0.131. The highest BCUT2D eigenvalue weighted by Gasteiger charge is 2.21. The first-order valence-electron chi connectivity index (χ1n) is 7.92. The number of nitrogens with two attached hydrogens (primary N) is 2. The zero-order valence-corrected chi connectivity index (χ0v) is 15.3. The van der Waals surface area contributed by atoms with Gasteiger partial charge in [0.2, 0.25) is 5.91 Å². The van der Waals surface area contributed by atoms with Crippen molar-refractivity contribution in [3.8, 4) is 0 Å². The Kier molecular flexibility index (Phi) is 9.12. The molecule has 0 aliphatic carbocycles. The van der Waals surface area contributed by atoms with Crippen molar-refractivity contribution in [2.45, 2.75) is 45.3 Å². The van der Waals surface area contributed by atoms with Crippen molar-refractivity contribution in [2.75, 3.05) is 33.7 Å². The fourth-order valence-electron chi connectivity index (χ4n) is 1.78. The second kappa shape index (κ2) is 9.96. The Morgan fingerprint density at radius 2 is 1.67 bits per heavy atom. The molecule has 9 heteroatoms. The SMILES string of the molecule is CN(CCN(C)C(=O)[C@@H](N)CCCNC(N)=O)C(=O)OC(C)(C)C. The molecule has 0 aliphatic heterocycles. The molecule has 1 atom stereocenters. The molecular formula is C15H31N5O4. The molecular weight excluding hydrogens is 314 g/mol. The van der Waals surface area contributed by atoms with E-state index in [1.807, 2.05) is 0 Å². The van der Waals surface area contributed by atoms with Gasteiger partial charge >= 0.3 is 12.1 Å². The van der Waals surface area contributed by atoms with Crippen LogP contribution in [0.3, 0.4) is 0 Å². The van der Waals surface area contributed by atoms with E-state index in [4.69, 9.17) is 16.2 Å². The smallest absolute Gasteiger partial charge is 0.410 e. The Morgan fingerprint density at radius 3 is 2.17 bits per heavy atom. The van der Waals surface area contributed by atoms with Gasteiger partial charge in [0.1, 0.15) is 5.60 Å². The molecule has 0 aliphatic rings. The van der Waals surface area contributed by atoms with Crippen molar-refractivity contribution in [1.82, 2.24) is 15.1 Å². The van der Waals surface area contributed by atoms with Crippen molar-refractivity contribution >= 4 is 18.0 Å². The second-order valence-electron chi connectivity index (χ2n) is 6.70. The summed E-state index contributed by atoms with van der Waals surface area (Å²) >= 11 is 0. The molecule has 0 spiro atoms. The minimum absolute atomic E-state index is 0.216. The number of hydrogen-bond donors (Lipinski definition) is 3. The van der Waals surface area contributed by atoms with Crippen LogP contribution in [0.5, 0.6) is 0 Å². The van der Waals surface area contributed by atoms with Crippen molar-refractivity contribution in [3.05, 3.63) is 0 Å². The van der Waals surface area contributed by atoms with Gasteiger partial charge in [-0.15, -0.1) is 0 Å². The summed E-state index contributed by atoms with van der Waals surface area (Å²) in [6, 6.07) is -1.26. The van der Waals surface area contributed by atoms with Crippen LogP contribution in [0.15, 0.2) is 0 Å². The number of primary amides is 1. The fourth-order valence-corrected chi connectivity index (χ4v) is 1.78. The van der Waals surface area contributed by atoms with E-state index in [-0.39, 0.29) is 5.91 Å². The average Bonchev–Trinajstić information content (AvgIpc) is 2.45. The zero-order valence-electron chi connectivity index (χ0n) is 15.3. The fraction of sp³-hybridized carbons (Fsp3) is 0.800. The van der Waals surface area contributed by atoms with Crippen molar-refractivity contribution in [2.24, 2.45) is 11.5 Å². The standard InChI is InChI=1S/C15H31N5O4/c1-15(2,3)24-14(23)20(5)10-9-19(4)12(21)11(16)7-6-8-18-13(17)22/h11H,6-10,16H2,1-5H3,(H3,17,18,22)/t11-/m0/s1. The number of nitrogens with zero attached hydrogens (tertiary/aromatic N) is 2. The normalized spacial score (nSPS) is 12.2. The van der Waals surface area contributed by atoms with E-state index in [9.17, 15) is 14.4 Å². The molecule has 0 aromatic heterocycles. The molecule has 24 heavy (non-hydrogen) atoms. The number of rotatable bonds is 8. The van der Waals surface area contributed by atoms with Gasteiger partial charge in [0.25, 0.3) is 0 Å². The molecule has 0 rings (SSSR count). The number of nitrogens with one attached hydrogen (secondary N) is 1. The van der Waals surface area contributed by atoms with Gasteiger partial charge in [0.05, 0.1) is 6.04 Å². The molecule has 0 bridgehead atoms. The summed E-state index contributed by atoms with van der Waals surface area (Å²) in [5, 5.41) is 2.44. The van der Waals surface area contributed by atoms with Crippen LogP contribution in [0, 0.1) is 0 Å². The van der Waals surface area contributed by atoms with E-state index in [1.54, 1.807) is 34.9 Å². The van der Waals surface area contributed by atoms with Crippen LogP contribution in [0.1, 0.15) is 33.6 Å². The van der Waals surface area contributed by atoms with Crippen LogP contribution < -0.4 is 16.8 Å². The molecule has 0 heterocycles.